The van der Waals surface area contributed by atoms with Crippen molar-refractivity contribution in [3.8, 4) is 0 Å². The van der Waals surface area contributed by atoms with Crippen molar-refractivity contribution in [3.63, 3.8) is 0 Å². The molecular weight excluding hydrogens is 478 g/mol. The fourth-order valence-electron chi connectivity index (χ4n) is 5.29. The van der Waals surface area contributed by atoms with Gasteiger partial charge in [0.1, 0.15) is 6.04 Å². The first-order valence-electron chi connectivity index (χ1n) is 12.7. The number of carbonyl (C=O) groups is 5. The van der Waals surface area contributed by atoms with Crippen LogP contribution in [-0.2, 0) is 9.59 Å². The monoisotopic (exact) mass is 513 g/mol. The Morgan fingerprint density at radius 2 is 1.73 bits per heavy atom. The van der Waals surface area contributed by atoms with E-state index in [1.807, 2.05) is 26.8 Å². The first-order chi connectivity index (χ1) is 17.4. The average Bonchev–Trinajstić information content (AvgIpc) is 3.06. The minimum atomic E-state index is -0.977. The van der Waals surface area contributed by atoms with E-state index in [4.69, 9.17) is 0 Å². The van der Waals surface area contributed by atoms with Gasteiger partial charge >= 0.3 is 6.09 Å². The van der Waals surface area contributed by atoms with E-state index in [2.05, 4.69) is 22.0 Å². The molecule has 11 nitrogen and oxygen atoms in total. The first kappa shape index (κ1) is 26.6. The van der Waals surface area contributed by atoms with Crippen molar-refractivity contribution in [1.29, 1.82) is 0 Å². The Morgan fingerprint density at radius 1 is 1.08 bits per heavy atom. The van der Waals surface area contributed by atoms with E-state index in [0.717, 1.165) is 43.3 Å². The zero-order valence-corrected chi connectivity index (χ0v) is 21.8. The van der Waals surface area contributed by atoms with Gasteiger partial charge < -0.3 is 14.9 Å². The van der Waals surface area contributed by atoms with Gasteiger partial charge in [0.2, 0.25) is 11.8 Å². The molecule has 11 heteroatoms. The lowest BCUT2D eigenvalue weighted by atomic mass is 10.0. The SMILES string of the molecule is CC(CN1CCN(c2ccc3c(c2)C(=O)N(C2CCC(=O)NC2=O)C3=O)CC1)CN(C(=O)O)C(C)(C)C. The van der Waals surface area contributed by atoms with Gasteiger partial charge in [0.25, 0.3) is 11.8 Å². The summed E-state index contributed by atoms with van der Waals surface area (Å²) in [7, 11) is 0. The quantitative estimate of drug-likeness (QED) is 0.549. The maximum absolute atomic E-state index is 13.1. The molecule has 2 atom stereocenters. The zero-order valence-electron chi connectivity index (χ0n) is 21.8. The van der Waals surface area contributed by atoms with Crippen LogP contribution in [0.4, 0.5) is 10.5 Å². The summed E-state index contributed by atoms with van der Waals surface area (Å²) in [4.78, 5) is 68.4. The van der Waals surface area contributed by atoms with E-state index >= 15 is 0 Å². The van der Waals surface area contributed by atoms with Crippen LogP contribution in [0.25, 0.3) is 0 Å². The highest BCUT2D eigenvalue weighted by Crippen LogP contribution is 2.31. The molecule has 5 amide bonds. The Bertz CT molecular complexity index is 1120. The Labute approximate surface area is 216 Å². The molecule has 3 heterocycles. The van der Waals surface area contributed by atoms with Crippen molar-refractivity contribution in [3.05, 3.63) is 29.3 Å². The van der Waals surface area contributed by atoms with Gasteiger partial charge in [0.05, 0.1) is 11.1 Å². The van der Waals surface area contributed by atoms with E-state index in [1.165, 1.54) is 4.90 Å². The molecule has 0 bridgehead atoms. The van der Waals surface area contributed by atoms with E-state index in [0.29, 0.717) is 6.54 Å². The Balaban J connectivity index is 1.37. The van der Waals surface area contributed by atoms with Gasteiger partial charge in [-0.05, 0) is 51.3 Å². The number of carbonyl (C=O) groups excluding carboxylic acids is 4. The van der Waals surface area contributed by atoms with Crippen molar-refractivity contribution in [2.24, 2.45) is 5.92 Å². The van der Waals surface area contributed by atoms with Gasteiger partial charge in [-0.2, -0.15) is 0 Å². The second kappa shape index (κ2) is 10.1. The molecule has 37 heavy (non-hydrogen) atoms. The molecule has 3 aliphatic rings. The summed E-state index contributed by atoms with van der Waals surface area (Å²) >= 11 is 0. The maximum Gasteiger partial charge on any atom is 0.407 e. The Hall–Kier alpha value is -3.47. The number of imide groups is 2. The third-order valence-electron chi connectivity index (χ3n) is 7.27. The van der Waals surface area contributed by atoms with Crippen molar-refractivity contribution in [1.82, 2.24) is 20.0 Å². The van der Waals surface area contributed by atoms with Crippen LogP contribution >= 0.6 is 0 Å². The minimum absolute atomic E-state index is 0.0858. The third kappa shape index (κ3) is 5.46. The predicted octanol–water partition coefficient (Wildman–Crippen LogP) is 1.62. The highest BCUT2D eigenvalue weighted by molar-refractivity contribution is 6.23. The topological polar surface area (TPSA) is 131 Å². The number of piperidine rings is 1. The molecule has 2 unspecified atom stereocenters. The number of rotatable bonds is 6. The van der Waals surface area contributed by atoms with Gasteiger partial charge in [-0.15, -0.1) is 0 Å². The summed E-state index contributed by atoms with van der Waals surface area (Å²) in [5, 5.41) is 11.8. The minimum Gasteiger partial charge on any atom is -0.465 e. The van der Waals surface area contributed by atoms with E-state index in [-0.39, 0.29) is 29.9 Å². The van der Waals surface area contributed by atoms with Gasteiger partial charge in [-0.25, -0.2) is 4.79 Å². The number of benzene rings is 1. The number of carboxylic acid groups (broad SMARTS) is 1. The van der Waals surface area contributed by atoms with Gasteiger partial charge in [0, 0.05) is 56.9 Å². The largest absolute Gasteiger partial charge is 0.465 e. The molecule has 0 radical (unpaired) electrons. The molecule has 1 aromatic rings. The summed E-state index contributed by atoms with van der Waals surface area (Å²) in [6, 6.07) is 4.20. The van der Waals surface area contributed by atoms with Crippen LogP contribution in [0.2, 0.25) is 0 Å². The lowest BCUT2D eigenvalue weighted by Crippen LogP contribution is -2.54. The zero-order chi connectivity index (χ0) is 27.1. The van der Waals surface area contributed by atoms with Crippen LogP contribution in [0.5, 0.6) is 0 Å². The van der Waals surface area contributed by atoms with Gasteiger partial charge in [0.15, 0.2) is 0 Å². The van der Waals surface area contributed by atoms with Crippen LogP contribution in [0.15, 0.2) is 18.2 Å². The highest BCUT2D eigenvalue weighted by atomic mass is 16.4. The third-order valence-corrected chi connectivity index (χ3v) is 7.27. The molecule has 3 aliphatic heterocycles. The summed E-state index contributed by atoms with van der Waals surface area (Å²) < 4.78 is 0. The van der Waals surface area contributed by atoms with Crippen LogP contribution in [-0.4, -0.2) is 100 Å². The molecule has 0 spiro atoms. The second-order valence-electron chi connectivity index (χ2n) is 11.1. The molecule has 2 fully saturated rings. The maximum atomic E-state index is 13.1. The molecule has 200 valence electrons. The summed E-state index contributed by atoms with van der Waals surface area (Å²) in [6.45, 7) is 12.0. The molecule has 0 aromatic heterocycles. The highest BCUT2D eigenvalue weighted by Gasteiger charge is 2.44. The summed E-state index contributed by atoms with van der Waals surface area (Å²) in [5.74, 6) is -1.87. The molecule has 1 aromatic carbocycles. The number of amides is 5. The fraction of sp³-hybridized carbons (Fsp3) is 0.577. The molecule has 0 aliphatic carbocycles. The molecule has 2 N–H and O–H groups in total. The van der Waals surface area contributed by atoms with Crippen molar-refractivity contribution in [2.45, 2.75) is 52.1 Å². The molecule has 0 saturated carbocycles. The normalized spacial score (nSPS) is 21.7. The molecule has 2 saturated heterocycles. The number of nitrogens with one attached hydrogen (secondary N) is 1. The van der Waals surface area contributed by atoms with Crippen LogP contribution < -0.4 is 10.2 Å². The number of hydrogen-bond donors (Lipinski definition) is 2. The molecule has 4 rings (SSSR count). The summed E-state index contributed by atoms with van der Waals surface area (Å²) in [5.41, 5.74) is 0.924. The predicted molar refractivity (Wildman–Crippen MR) is 135 cm³/mol. The van der Waals surface area contributed by atoms with Crippen LogP contribution in [0.1, 0.15) is 61.3 Å². The number of piperazine rings is 1. The number of hydrogen-bond acceptors (Lipinski definition) is 7. The first-order valence-corrected chi connectivity index (χ1v) is 12.7. The molecular formula is C26H35N5O6. The van der Waals surface area contributed by atoms with Crippen molar-refractivity contribution >= 4 is 35.4 Å². The average molecular weight is 514 g/mol. The van der Waals surface area contributed by atoms with Crippen molar-refractivity contribution in [2.75, 3.05) is 44.2 Å². The van der Waals surface area contributed by atoms with E-state index in [9.17, 15) is 29.1 Å². The van der Waals surface area contributed by atoms with Crippen LogP contribution in [0, 0.1) is 5.92 Å². The van der Waals surface area contributed by atoms with E-state index in [1.54, 1.807) is 12.1 Å². The lowest BCUT2D eigenvalue weighted by Gasteiger charge is -2.39. The number of fused-ring (bicyclic) bond motifs is 1. The van der Waals surface area contributed by atoms with Gasteiger partial charge in [-0.3, -0.25) is 34.3 Å². The standard InChI is InChI=1S/C26H35N5O6/c1-16(15-30(25(36)37)26(2,3)4)14-28-9-11-29(12-10-28)17-5-6-18-19(13-17)24(35)31(23(18)34)20-7-8-21(32)27-22(20)33/h5-6,13,16,20H,7-12,14-15H2,1-4H3,(H,36,37)(H,27,32,33). The second-order valence-corrected chi connectivity index (χ2v) is 11.1. The van der Waals surface area contributed by atoms with Crippen molar-refractivity contribution < 1.29 is 29.1 Å². The fourth-order valence-corrected chi connectivity index (χ4v) is 5.29. The Kier molecular flexibility index (Phi) is 7.27. The smallest absolute Gasteiger partial charge is 0.407 e. The lowest BCUT2D eigenvalue weighted by molar-refractivity contribution is -0.136. The van der Waals surface area contributed by atoms with Gasteiger partial charge in [-0.1, -0.05) is 6.92 Å². The van der Waals surface area contributed by atoms with Crippen LogP contribution in [0.3, 0.4) is 0 Å². The number of nitrogens with zero attached hydrogens (tertiary/aromatic N) is 4. The van der Waals surface area contributed by atoms with E-state index < -0.39 is 41.3 Å². The Morgan fingerprint density at radius 3 is 2.32 bits per heavy atom. The summed E-state index contributed by atoms with van der Waals surface area (Å²) in [6.07, 6.45) is -0.698. The number of anilines is 1.